The number of anilines is 2. The summed E-state index contributed by atoms with van der Waals surface area (Å²) in [5.74, 6) is 0.364. The number of benzene rings is 2. The van der Waals surface area contributed by atoms with Gasteiger partial charge >= 0.3 is 11.9 Å². The molecule has 0 unspecified atom stereocenters. The molecule has 0 radical (unpaired) electrons. The topological polar surface area (TPSA) is 195 Å². The number of rotatable bonds is 6. The Morgan fingerprint density at radius 3 is 2.36 bits per heavy atom. The van der Waals surface area contributed by atoms with Crippen LogP contribution in [0.4, 0.5) is 24.7 Å². The molecular weight excluding hydrogens is 585 g/mol. The lowest BCUT2D eigenvalue weighted by atomic mass is 10.2. The molecule has 1 fully saturated rings. The van der Waals surface area contributed by atoms with E-state index in [1.807, 2.05) is 30.3 Å². The van der Waals surface area contributed by atoms with Gasteiger partial charge in [0.25, 0.3) is 15.6 Å². The fourth-order valence-corrected chi connectivity index (χ4v) is 4.99. The van der Waals surface area contributed by atoms with Crippen LogP contribution in [0, 0.1) is 0 Å². The zero-order chi connectivity index (χ0) is 30.7. The maximum atomic E-state index is 12.6. The lowest BCUT2D eigenvalue weighted by Gasteiger charge is -2.16. The number of aliphatic hydroxyl groups excluding tert-OH is 2. The molecule has 1 saturated heterocycles. The molecule has 0 spiro atoms. The van der Waals surface area contributed by atoms with Gasteiger partial charge in [0.05, 0.1) is 29.5 Å². The molecule has 0 bridgehead atoms. The number of hydrogen-bond donors (Lipinski definition) is 5. The Morgan fingerprint density at radius 2 is 1.76 bits per heavy atom. The quantitative estimate of drug-likeness (QED) is 0.201. The van der Waals surface area contributed by atoms with Crippen LogP contribution in [-0.2, 0) is 20.9 Å². The molecule has 2 aromatic heterocycles. The van der Waals surface area contributed by atoms with Crippen LogP contribution >= 0.6 is 0 Å². The van der Waals surface area contributed by atoms with Gasteiger partial charge in [-0.15, -0.1) is 0 Å². The van der Waals surface area contributed by atoms with Gasteiger partial charge in [-0.05, 0) is 36.4 Å². The first-order valence-corrected chi connectivity index (χ1v) is 13.6. The van der Waals surface area contributed by atoms with E-state index in [0.29, 0.717) is 22.3 Å². The number of ether oxygens (including phenoxy) is 1. The van der Waals surface area contributed by atoms with Crippen molar-refractivity contribution in [2.75, 3.05) is 17.1 Å². The highest BCUT2D eigenvalue weighted by Crippen LogP contribution is 2.30. The van der Waals surface area contributed by atoms with E-state index in [0.717, 1.165) is 5.69 Å². The van der Waals surface area contributed by atoms with E-state index in [1.54, 1.807) is 23.2 Å². The number of aromatic nitrogens is 4. The van der Waals surface area contributed by atoms with Crippen molar-refractivity contribution in [3.05, 3.63) is 99.5 Å². The SMILES string of the molecule is Nc1ccc(S(=O)(=O)Nc2ccnn2-c2ccccc2)cc1.O=c1[nH]c(=O)n([C@H]2C[C@H](O)[C@@H](CO)O2)cc1C(F)(F)F. The molecule has 13 nitrogen and oxygen atoms in total. The van der Waals surface area contributed by atoms with Crippen LogP contribution in [0.25, 0.3) is 5.69 Å². The fraction of sp³-hybridized carbons (Fsp3) is 0.240. The highest BCUT2D eigenvalue weighted by atomic mass is 32.2. The maximum absolute atomic E-state index is 12.6. The zero-order valence-electron chi connectivity index (χ0n) is 21.5. The van der Waals surface area contributed by atoms with Gasteiger partial charge < -0.3 is 20.7 Å². The molecule has 1 aliphatic rings. The van der Waals surface area contributed by atoms with Gasteiger partial charge in [0.15, 0.2) is 0 Å². The van der Waals surface area contributed by atoms with Gasteiger partial charge in [-0.3, -0.25) is 19.1 Å². The number of hydrogen-bond acceptors (Lipinski definition) is 9. The standard InChI is InChI=1S/C15H14N4O2S.C10H11F3N2O5/c16-12-6-8-14(9-7-12)22(20,21)18-15-10-11-17-19(15)13-4-2-1-3-5-13;11-10(12,13)4-2-15(9(19)14-8(4)18)7-1-5(17)6(3-16)20-7/h1-11,18H,16H2;2,5-7,16-17H,1,3H2,(H,14,18,19)/t;5-,6+,7+/m.0/s1. The minimum atomic E-state index is -4.92. The Hall–Kier alpha value is -4.45. The Kier molecular flexibility index (Phi) is 8.86. The van der Waals surface area contributed by atoms with Crippen LogP contribution in [0.5, 0.6) is 0 Å². The average Bonchev–Trinajstić information content (AvgIpc) is 3.54. The van der Waals surface area contributed by atoms with E-state index < -0.39 is 58.1 Å². The fourth-order valence-electron chi connectivity index (χ4n) is 3.95. The van der Waals surface area contributed by atoms with Crippen molar-refractivity contribution < 1.29 is 36.5 Å². The van der Waals surface area contributed by atoms with Crippen LogP contribution in [0.15, 0.2) is 87.5 Å². The monoisotopic (exact) mass is 610 g/mol. The molecular formula is C25H25F3N6O7S. The van der Waals surface area contributed by atoms with Crippen LogP contribution in [0.3, 0.4) is 0 Å². The number of aliphatic hydroxyl groups is 2. The van der Waals surface area contributed by atoms with Gasteiger partial charge in [0.2, 0.25) is 0 Å². The molecule has 2 aromatic carbocycles. The first-order chi connectivity index (χ1) is 19.8. The highest BCUT2D eigenvalue weighted by Gasteiger charge is 2.38. The molecule has 4 aromatic rings. The third-order valence-corrected chi connectivity index (χ3v) is 7.41. The van der Waals surface area contributed by atoms with Crippen molar-refractivity contribution in [2.24, 2.45) is 0 Å². The summed E-state index contributed by atoms with van der Waals surface area (Å²) in [4.78, 5) is 24.3. The number of H-pyrrole nitrogens is 1. The second-order valence-electron chi connectivity index (χ2n) is 8.96. The second kappa shape index (κ2) is 12.2. The number of nitrogens with zero attached hydrogens (tertiary/aromatic N) is 3. The number of nitrogens with one attached hydrogen (secondary N) is 2. The average molecular weight is 611 g/mol. The normalized spacial score (nSPS) is 18.7. The summed E-state index contributed by atoms with van der Waals surface area (Å²) in [6, 6.07) is 16.9. The lowest BCUT2D eigenvalue weighted by Crippen LogP contribution is -2.36. The number of alkyl halides is 3. The predicted molar refractivity (Wildman–Crippen MR) is 143 cm³/mol. The number of aromatic amines is 1. The van der Waals surface area contributed by atoms with Crippen molar-refractivity contribution in [1.82, 2.24) is 19.3 Å². The number of nitrogen functional groups attached to an aromatic ring is 1. The second-order valence-corrected chi connectivity index (χ2v) is 10.6. The van der Waals surface area contributed by atoms with E-state index >= 15 is 0 Å². The largest absolute Gasteiger partial charge is 0.423 e. The molecule has 224 valence electrons. The van der Waals surface area contributed by atoms with E-state index in [1.165, 1.54) is 23.0 Å². The van der Waals surface area contributed by atoms with Crippen molar-refractivity contribution in [3.63, 3.8) is 0 Å². The Balaban J connectivity index is 0.000000194. The van der Waals surface area contributed by atoms with E-state index in [4.69, 9.17) is 15.6 Å². The zero-order valence-corrected chi connectivity index (χ0v) is 22.3. The summed E-state index contributed by atoms with van der Waals surface area (Å²) < 4.78 is 72.3. The number of halogens is 3. The molecule has 0 amide bonds. The van der Waals surface area contributed by atoms with Gasteiger partial charge in [0, 0.05) is 24.4 Å². The summed E-state index contributed by atoms with van der Waals surface area (Å²) in [5.41, 5.74) is 2.68. The van der Waals surface area contributed by atoms with Crippen molar-refractivity contribution in [3.8, 4) is 5.69 Å². The van der Waals surface area contributed by atoms with Gasteiger partial charge in [0.1, 0.15) is 23.7 Å². The summed E-state index contributed by atoms with van der Waals surface area (Å²) in [5, 5.41) is 22.5. The Labute approximate surface area is 235 Å². The molecule has 3 atom stereocenters. The minimum absolute atomic E-state index is 0.141. The maximum Gasteiger partial charge on any atom is 0.423 e. The number of sulfonamides is 1. The number of nitrogens with two attached hydrogens (primary N) is 1. The summed E-state index contributed by atoms with van der Waals surface area (Å²) in [6.07, 6.45) is -6.50. The minimum Gasteiger partial charge on any atom is -0.399 e. The van der Waals surface area contributed by atoms with E-state index in [9.17, 15) is 36.3 Å². The first kappa shape index (κ1) is 30.5. The Morgan fingerprint density at radius 1 is 1.10 bits per heavy atom. The van der Waals surface area contributed by atoms with E-state index in [2.05, 4.69) is 9.82 Å². The molecule has 17 heteroatoms. The van der Waals surface area contributed by atoms with Crippen LogP contribution < -0.4 is 21.7 Å². The van der Waals surface area contributed by atoms with Crippen molar-refractivity contribution in [2.45, 2.75) is 35.9 Å². The molecule has 0 saturated carbocycles. The molecule has 1 aliphatic heterocycles. The third-order valence-electron chi connectivity index (χ3n) is 6.04. The predicted octanol–water partition coefficient (Wildman–Crippen LogP) is 1.45. The molecule has 3 heterocycles. The van der Waals surface area contributed by atoms with Crippen LogP contribution in [-0.4, -0.2) is 56.8 Å². The summed E-state index contributed by atoms with van der Waals surface area (Å²) in [7, 11) is -3.70. The van der Waals surface area contributed by atoms with Crippen molar-refractivity contribution in [1.29, 1.82) is 0 Å². The molecule has 6 N–H and O–H groups in total. The van der Waals surface area contributed by atoms with Gasteiger partial charge in [-0.2, -0.15) is 18.3 Å². The van der Waals surface area contributed by atoms with Crippen molar-refractivity contribution >= 4 is 21.5 Å². The van der Waals surface area contributed by atoms with Crippen LogP contribution in [0.2, 0.25) is 0 Å². The number of para-hydroxylation sites is 1. The molecule has 0 aliphatic carbocycles. The highest BCUT2D eigenvalue weighted by molar-refractivity contribution is 7.92. The Bertz CT molecular complexity index is 1740. The molecule has 42 heavy (non-hydrogen) atoms. The van der Waals surface area contributed by atoms with Crippen LogP contribution in [0.1, 0.15) is 18.2 Å². The smallest absolute Gasteiger partial charge is 0.399 e. The lowest BCUT2D eigenvalue weighted by molar-refractivity contribution is -0.139. The van der Waals surface area contributed by atoms with E-state index in [-0.39, 0.29) is 11.3 Å². The molecule has 5 rings (SSSR count). The van der Waals surface area contributed by atoms with Gasteiger partial charge in [-0.25, -0.2) is 17.9 Å². The third kappa shape index (κ3) is 6.88. The first-order valence-electron chi connectivity index (χ1n) is 12.1. The van der Waals surface area contributed by atoms with Gasteiger partial charge in [-0.1, -0.05) is 18.2 Å². The summed E-state index contributed by atoms with van der Waals surface area (Å²) >= 11 is 0. The summed E-state index contributed by atoms with van der Waals surface area (Å²) in [6.45, 7) is -0.540.